The first-order valence-electron chi connectivity index (χ1n) is 4.51. The number of nitro groups is 1. The molecule has 86 valence electrons. The Morgan fingerprint density at radius 3 is 2.12 bits per heavy atom. The topological polar surface area (TPSA) is 101 Å². The molecule has 0 aliphatic heterocycles. The van der Waals surface area contributed by atoms with Gasteiger partial charge in [-0.25, -0.2) is 4.79 Å². The van der Waals surface area contributed by atoms with Gasteiger partial charge in [-0.15, -0.1) is 0 Å². The number of hydrogen-bond acceptors (Lipinski definition) is 4. The molecule has 0 saturated heterocycles. The number of rotatable bonds is 3. The van der Waals surface area contributed by atoms with Crippen LogP contribution < -0.4 is 0 Å². The molecule has 0 aliphatic carbocycles. The number of aliphatic carboxylic acids is 1. The van der Waals surface area contributed by atoms with Crippen molar-refractivity contribution in [2.24, 2.45) is 0 Å². The molecule has 0 amide bonds. The second-order valence-corrected chi connectivity index (χ2v) is 3.49. The first-order valence-corrected chi connectivity index (χ1v) is 4.51. The van der Waals surface area contributed by atoms with Crippen LogP contribution in [-0.4, -0.2) is 21.1 Å². The quantitative estimate of drug-likeness (QED) is 0.597. The van der Waals surface area contributed by atoms with Gasteiger partial charge in [0.1, 0.15) is 0 Å². The number of carbonyl (C=O) groups is 1. The first-order chi connectivity index (χ1) is 7.34. The van der Waals surface area contributed by atoms with Crippen LogP contribution >= 0.6 is 0 Å². The van der Waals surface area contributed by atoms with Crippen molar-refractivity contribution in [2.75, 3.05) is 0 Å². The van der Waals surface area contributed by atoms with Crippen LogP contribution in [0.15, 0.2) is 12.1 Å². The molecule has 16 heavy (non-hydrogen) atoms. The van der Waals surface area contributed by atoms with E-state index in [2.05, 4.69) is 0 Å². The predicted octanol–water partition coefficient (Wildman–Crippen LogP) is 1.33. The van der Waals surface area contributed by atoms with Crippen molar-refractivity contribution in [1.82, 2.24) is 0 Å². The molecule has 0 fully saturated rings. The Hall–Kier alpha value is -1.95. The van der Waals surface area contributed by atoms with Crippen LogP contribution in [0.4, 0.5) is 5.69 Å². The number of non-ortho nitro benzene ring substituents is 1. The Labute approximate surface area is 91.3 Å². The van der Waals surface area contributed by atoms with E-state index in [4.69, 9.17) is 5.11 Å². The second kappa shape index (κ2) is 4.28. The minimum atomic E-state index is -1.65. The first kappa shape index (κ1) is 12.1. The van der Waals surface area contributed by atoms with Gasteiger partial charge in [-0.2, -0.15) is 0 Å². The number of hydrogen-bond donors (Lipinski definition) is 2. The fraction of sp³-hybridized carbons (Fsp3) is 0.300. The number of nitro benzene ring substituents is 1. The van der Waals surface area contributed by atoms with Crippen LogP contribution in [0.3, 0.4) is 0 Å². The van der Waals surface area contributed by atoms with Crippen molar-refractivity contribution in [3.63, 3.8) is 0 Å². The lowest BCUT2D eigenvalue weighted by atomic mass is 9.97. The summed E-state index contributed by atoms with van der Waals surface area (Å²) in [6, 6.07) is 2.49. The summed E-state index contributed by atoms with van der Waals surface area (Å²) in [6.45, 7) is 3.06. The molecule has 0 aromatic heterocycles. The fourth-order valence-corrected chi connectivity index (χ4v) is 1.61. The van der Waals surface area contributed by atoms with Gasteiger partial charge in [-0.1, -0.05) is 0 Å². The largest absolute Gasteiger partial charge is 0.479 e. The lowest BCUT2D eigenvalue weighted by Gasteiger charge is -2.12. The molecule has 1 aromatic carbocycles. The number of carboxylic acid groups (broad SMARTS) is 1. The van der Waals surface area contributed by atoms with Gasteiger partial charge in [0.25, 0.3) is 5.69 Å². The molecule has 1 unspecified atom stereocenters. The smallest absolute Gasteiger partial charge is 0.337 e. The Morgan fingerprint density at radius 2 is 1.81 bits per heavy atom. The van der Waals surface area contributed by atoms with E-state index < -0.39 is 17.0 Å². The molecule has 0 aliphatic rings. The van der Waals surface area contributed by atoms with E-state index in [-0.39, 0.29) is 11.3 Å². The molecular weight excluding hydrogens is 214 g/mol. The Morgan fingerprint density at radius 1 is 1.38 bits per heavy atom. The highest BCUT2D eigenvalue weighted by Gasteiger charge is 2.22. The van der Waals surface area contributed by atoms with Crippen LogP contribution in [0.2, 0.25) is 0 Å². The number of carboxylic acids is 1. The molecule has 6 nitrogen and oxygen atoms in total. The maximum absolute atomic E-state index is 10.6. The van der Waals surface area contributed by atoms with Gasteiger partial charge in [0.15, 0.2) is 6.10 Å². The number of nitrogens with zero attached hydrogens (tertiary/aromatic N) is 1. The molecule has 0 heterocycles. The monoisotopic (exact) mass is 225 g/mol. The third-order valence-electron chi connectivity index (χ3n) is 2.30. The summed E-state index contributed by atoms with van der Waals surface area (Å²) in [5.41, 5.74) is 0.873. The summed E-state index contributed by atoms with van der Waals surface area (Å²) in [5.74, 6) is -1.37. The summed E-state index contributed by atoms with van der Waals surface area (Å²) >= 11 is 0. The summed E-state index contributed by atoms with van der Waals surface area (Å²) < 4.78 is 0. The third kappa shape index (κ3) is 2.17. The van der Waals surface area contributed by atoms with Gasteiger partial charge >= 0.3 is 5.97 Å². The van der Waals surface area contributed by atoms with Crippen LogP contribution in [-0.2, 0) is 4.79 Å². The summed E-state index contributed by atoms with van der Waals surface area (Å²) in [6.07, 6.45) is -1.65. The van der Waals surface area contributed by atoms with E-state index in [0.717, 1.165) is 0 Å². The number of aliphatic hydroxyl groups excluding tert-OH is 1. The minimum absolute atomic E-state index is 0.115. The van der Waals surface area contributed by atoms with E-state index in [1.54, 1.807) is 0 Å². The van der Waals surface area contributed by atoms with E-state index in [1.807, 2.05) is 0 Å². The molecule has 0 spiro atoms. The molecule has 0 bridgehead atoms. The minimum Gasteiger partial charge on any atom is -0.479 e. The van der Waals surface area contributed by atoms with Crippen LogP contribution in [0.25, 0.3) is 0 Å². The summed E-state index contributed by atoms with van der Waals surface area (Å²) in [7, 11) is 0. The normalized spacial score (nSPS) is 12.2. The zero-order valence-corrected chi connectivity index (χ0v) is 8.80. The molecule has 0 radical (unpaired) electrons. The Balaban J connectivity index is 3.33. The van der Waals surface area contributed by atoms with Gasteiger partial charge in [0, 0.05) is 12.1 Å². The molecule has 1 atom stereocenters. The standard InChI is InChI=1S/C10H11NO5/c1-5-3-7(11(15)16)4-6(2)8(5)9(12)10(13)14/h3-4,9,12H,1-2H3,(H,13,14). The molecule has 1 rings (SSSR count). The van der Waals surface area contributed by atoms with Crippen molar-refractivity contribution in [3.05, 3.63) is 38.9 Å². The maximum Gasteiger partial charge on any atom is 0.337 e. The lowest BCUT2D eigenvalue weighted by molar-refractivity contribution is -0.385. The Bertz CT molecular complexity index is 432. The van der Waals surface area contributed by atoms with E-state index in [1.165, 1.54) is 26.0 Å². The summed E-state index contributed by atoms with van der Waals surface area (Å²) in [4.78, 5) is 20.6. The number of aliphatic hydroxyl groups is 1. The molecule has 1 aromatic rings. The average molecular weight is 225 g/mol. The predicted molar refractivity (Wildman–Crippen MR) is 55.2 cm³/mol. The molecule has 6 heteroatoms. The maximum atomic E-state index is 10.6. The molecule has 2 N–H and O–H groups in total. The third-order valence-corrected chi connectivity index (χ3v) is 2.30. The van der Waals surface area contributed by atoms with Gasteiger partial charge in [0.2, 0.25) is 0 Å². The van der Waals surface area contributed by atoms with Crippen molar-refractivity contribution in [1.29, 1.82) is 0 Å². The van der Waals surface area contributed by atoms with Gasteiger partial charge in [0.05, 0.1) is 4.92 Å². The van der Waals surface area contributed by atoms with Crippen molar-refractivity contribution >= 4 is 11.7 Å². The van der Waals surface area contributed by atoms with Crippen molar-refractivity contribution in [2.45, 2.75) is 20.0 Å². The van der Waals surface area contributed by atoms with Gasteiger partial charge < -0.3 is 10.2 Å². The summed E-state index contributed by atoms with van der Waals surface area (Å²) in [5, 5.41) is 28.6. The molecular formula is C10H11NO5. The van der Waals surface area contributed by atoms with Crippen LogP contribution in [0.5, 0.6) is 0 Å². The fourth-order valence-electron chi connectivity index (χ4n) is 1.61. The number of aryl methyl sites for hydroxylation is 2. The van der Waals surface area contributed by atoms with E-state index in [9.17, 15) is 20.0 Å². The highest BCUT2D eigenvalue weighted by atomic mass is 16.6. The highest BCUT2D eigenvalue weighted by Crippen LogP contribution is 2.26. The van der Waals surface area contributed by atoms with Crippen LogP contribution in [0, 0.1) is 24.0 Å². The van der Waals surface area contributed by atoms with Gasteiger partial charge in [-0.3, -0.25) is 10.1 Å². The average Bonchev–Trinajstić information content (AvgIpc) is 2.15. The molecule has 0 saturated carbocycles. The van der Waals surface area contributed by atoms with Crippen molar-refractivity contribution in [3.8, 4) is 0 Å². The van der Waals surface area contributed by atoms with E-state index >= 15 is 0 Å². The highest BCUT2D eigenvalue weighted by molar-refractivity contribution is 5.75. The Kier molecular flexibility index (Phi) is 3.24. The lowest BCUT2D eigenvalue weighted by Crippen LogP contribution is -2.13. The van der Waals surface area contributed by atoms with Gasteiger partial charge in [-0.05, 0) is 30.5 Å². The second-order valence-electron chi connectivity index (χ2n) is 3.49. The SMILES string of the molecule is Cc1cc([N+](=O)[O-])cc(C)c1C(O)C(=O)O. The zero-order chi connectivity index (χ0) is 12.5. The van der Waals surface area contributed by atoms with Crippen molar-refractivity contribution < 1.29 is 19.9 Å². The van der Waals surface area contributed by atoms with E-state index in [0.29, 0.717) is 11.1 Å². The van der Waals surface area contributed by atoms with Crippen LogP contribution in [0.1, 0.15) is 22.8 Å². The number of benzene rings is 1. The zero-order valence-electron chi connectivity index (χ0n) is 8.80.